The van der Waals surface area contributed by atoms with Gasteiger partial charge in [0.1, 0.15) is 6.54 Å². The predicted octanol–water partition coefficient (Wildman–Crippen LogP) is 4.71. The second-order valence-electron chi connectivity index (χ2n) is 8.84. The summed E-state index contributed by atoms with van der Waals surface area (Å²) < 4.78 is 33.8. The first-order chi connectivity index (χ1) is 16.8. The Morgan fingerprint density at radius 1 is 1.00 bits per heavy atom. The lowest BCUT2D eigenvalue weighted by Crippen LogP contribution is -2.48. The maximum Gasteiger partial charge on any atom is 0.264 e. The van der Waals surface area contributed by atoms with Gasteiger partial charge >= 0.3 is 0 Å². The van der Waals surface area contributed by atoms with E-state index < -0.39 is 10.0 Å². The summed E-state index contributed by atoms with van der Waals surface area (Å²) in [5.41, 5.74) is 2.16. The van der Waals surface area contributed by atoms with Crippen LogP contribution in [0.4, 0.5) is 5.69 Å². The number of sulfonamides is 1. The minimum atomic E-state index is -4.00. The third-order valence-electron chi connectivity index (χ3n) is 6.45. The van der Waals surface area contributed by atoms with Crippen molar-refractivity contribution >= 4 is 33.2 Å². The molecule has 8 heteroatoms. The van der Waals surface area contributed by atoms with Crippen LogP contribution in [0.3, 0.4) is 0 Å². The second kappa shape index (κ2) is 10.8. The lowest BCUT2D eigenvalue weighted by molar-refractivity contribution is -0.120. The van der Waals surface area contributed by atoms with Gasteiger partial charge in [0.05, 0.1) is 10.6 Å². The highest BCUT2D eigenvalue weighted by Gasteiger charge is 2.35. The molecule has 1 heterocycles. The number of ether oxygens (including phenoxy) is 1. The van der Waals surface area contributed by atoms with Crippen LogP contribution in [-0.2, 0) is 25.0 Å². The molecule has 4 rings (SSSR count). The van der Waals surface area contributed by atoms with E-state index >= 15 is 0 Å². The third-order valence-corrected chi connectivity index (χ3v) is 8.48. The zero-order valence-corrected chi connectivity index (χ0v) is 21.2. The van der Waals surface area contributed by atoms with Gasteiger partial charge in [-0.2, -0.15) is 0 Å². The standard InChI is InChI=1S/C27H29ClN2O4S/c1-21-10-12-25(13-11-21)35(32,33)30(24-9-5-8-23(28)18-24)19-26(31)29-20-27(14-16-34-17-15-27)22-6-3-2-4-7-22/h2-13,18H,14-17,19-20H2,1H3,(H,29,31). The van der Waals surface area contributed by atoms with Gasteiger partial charge in [0.25, 0.3) is 10.0 Å². The maximum atomic E-state index is 13.6. The van der Waals surface area contributed by atoms with E-state index in [2.05, 4.69) is 17.4 Å². The van der Waals surface area contributed by atoms with Gasteiger partial charge in [-0.05, 0) is 55.7 Å². The monoisotopic (exact) mass is 512 g/mol. The van der Waals surface area contributed by atoms with Crippen molar-refractivity contribution in [3.63, 3.8) is 0 Å². The number of nitrogens with zero attached hydrogens (tertiary/aromatic N) is 1. The normalized spacial score (nSPS) is 15.4. The summed E-state index contributed by atoms with van der Waals surface area (Å²) in [4.78, 5) is 13.3. The molecule has 0 spiro atoms. The van der Waals surface area contributed by atoms with Gasteiger partial charge in [-0.25, -0.2) is 8.42 Å². The molecule has 0 aliphatic carbocycles. The fraction of sp³-hybridized carbons (Fsp3) is 0.296. The SMILES string of the molecule is Cc1ccc(S(=O)(=O)N(CC(=O)NCC2(c3ccccc3)CCOCC2)c2cccc(Cl)c2)cc1. The molecule has 1 amide bonds. The average molecular weight is 513 g/mol. The molecule has 1 N–H and O–H groups in total. The van der Waals surface area contributed by atoms with E-state index in [1.807, 2.05) is 25.1 Å². The van der Waals surface area contributed by atoms with Crippen molar-refractivity contribution in [1.29, 1.82) is 0 Å². The number of aryl methyl sites for hydroxylation is 1. The van der Waals surface area contributed by atoms with Gasteiger partial charge in [-0.15, -0.1) is 0 Å². The number of halogens is 1. The van der Waals surface area contributed by atoms with Crippen LogP contribution in [0.1, 0.15) is 24.0 Å². The summed E-state index contributed by atoms with van der Waals surface area (Å²) in [5, 5.41) is 3.39. The molecule has 0 bridgehead atoms. The topological polar surface area (TPSA) is 75.7 Å². The molecule has 3 aromatic carbocycles. The fourth-order valence-corrected chi connectivity index (χ4v) is 5.96. The van der Waals surface area contributed by atoms with Gasteiger partial charge in [-0.3, -0.25) is 9.10 Å². The Morgan fingerprint density at radius 2 is 1.69 bits per heavy atom. The van der Waals surface area contributed by atoms with Crippen molar-refractivity contribution in [3.05, 3.63) is 95.0 Å². The number of hydrogen-bond donors (Lipinski definition) is 1. The number of carbonyl (C=O) groups is 1. The number of carbonyl (C=O) groups excluding carboxylic acids is 1. The highest BCUT2D eigenvalue weighted by atomic mass is 35.5. The summed E-state index contributed by atoms with van der Waals surface area (Å²) in [6.07, 6.45) is 1.55. The van der Waals surface area contributed by atoms with Gasteiger partial charge in [0.2, 0.25) is 5.91 Å². The molecule has 1 aliphatic rings. The Balaban J connectivity index is 1.58. The zero-order chi connectivity index (χ0) is 24.9. The van der Waals surface area contributed by atoms with Crippen molar-refractivity contribution in [2.75, 3.05) is 30.6 Å². The van der Waals surface area contributed by atoms with E-state index in [1.165, 1.54) is 0 Å². The summed E-state index contributed by atoms with van der Waals surface area (Å²) in [6.45, 7) is 3.14. The molecule has 0 aromatic heterocycles. The minimum absolute atomic E-state index is 0.112. The molecule has 6 nitrogen and oxygen atoms in total. The number of rotatable bonds is 8. The Hall–Kier alpha value is -2.87. The van der Waals surface area contributed by atoms with Crippen LogP contribution in [0.25, 0.3) is 0 Å². The first kappa shape index (κ1) is 25.2. The highest BCUT2D eigenvalue weighted by molar-refractivity contribution is 7.92. The van der Waals surface area contributed by atoms with Crippen LogP contribution in [0.2, 0.25) is 5.02 Å². The molecule has 1 saturated heterocycles. The zero-order valence-electron chi connectivity index (χ0n) is 19.6. The van der Waals surface area contributed by atoms with Crippen LogP contribution in [-0.4, -0.2) is 40.6 Å². The molecular formula is C27H29ClN2O4S. The molecule has 0 atom stereocenters. The van der Waals surface area contributed by atoms with Crippen LogP contribution in [0.15, 0.2) is 83.8 Å². The van der Waals surface area contributed by atoms with Crippen LogP contribution in [0, 0.1) is 6.92 Å². The smallest absolute Gasteiger partial charge is 0.264 e. The Bertz CT molecular complexity index is 1260. The van der Waals surface area contributed by atoms with Crippen LogP contribution in [0.5, 0.6) is 0 Å². The summed E-state index contributed by atoms with van der Waals surface area (Å²) in [5.74, 6) is -0.387. The van der Waals surface area contributed by atoms with Crippen molar-refractivity contribution in [1.82, 2.24) is 5.32 Å². The van der Waals surface area contributed by atoms with Gasteiger partial charge in [0.15, 0.2) is 0 Å². The molecule has 0 unspecified atom stereocenters. The van der Waals surface area contributed by atoms with Crippen LogP contribution < -0.4 is 9.62 Å². The molecule has 1 aliphatic heterocycles. The van der Waals surface area contributed by atoms with Crippen molar-refractivity contribution in [2.45, 2.75) is 30.1 Å². The van der Waals surface area contributed by atoms with Crippen molar-refractivity contribution in [3.8, 4) is 0 Å². The van der Waals surface area contributed by atoms with E-state index in [0.29, 0.717) is 30.5 Å². The number of amides is 1. The Kier molecular flexibility index (Phi) is 7.79. The van der Waals surface area contributed by atoms with E-state index in [9.17, 15) is 13.2 Å². The number of hydrogen-bond acceptors (Lipinski definition) is 4. The van der Waals surface area contributed by atoms with E-state index in [0.717, 1.165) is 28.3 Å². The van der Waals surface area contributed by atoms with Crippen LogP contribution >= 0.6 is 11.6 Å². The molecule has 0 radical (unpaired) electrons. The van der Waals surface area contributed by atoms with Gasteiger partial charge in [-0.1, -0.05) is 65.7 Å². The Labute approximate surface area is 211 Å². The van der Waals surface area contributed by atoms with Crippen molar-refractivity contribution in [2.24, 2.45) is 0 Å². The quantitative estimate of drug-likeness (QED) is 0.474. The lowest BCUT2D eigenvalue weighted by atomic mass is 9.74. The highest BCUT2D eigenvalue weighted by Crippen LogP contribution is 2.34. The molecule has 35 heavy (non-hydrogen) atoms. The first-order valence-corrected chi connectivity index (χ1v) is 13.4. The fourth-order valence-electron chi connectivity index (χ4n) is 4.36. The largest absolute Gasteiger partial charge is 0.381 e. The molecule has 184 valence electrons. The van der Waals surface area contributed by atoms with Gasteiger partial charge < -0.3 is 10.1 Å². The first-order valence-electron chi connectivity index (χ1n) is 11.6. The number of benzene rings is 3. The molecular weight excluding hydrogens is 484 g/mol. The van der Waals surface area contributed by atoms with Crippen molar-refractivity contribution < 1.29 is 17.9 Å². The second-order valence-corrected chi connectivity index (χ2v) is 11.1. The third kappa shape index (κ3) is 5.86. The molecule has 3 aromatic rings. The predicted molar refractivity (Wildman–Crippen MR) is 138 cm³/mol. The summed E-state index contributed by atoms with van der Waals surface area (Å²) in [6, 6.07) is 23.2. The van der Waals surface area contributed by atoms with E-state index in [-0.39, 0.29) is 22.8 Å². The number of anilines is 1. The average Bonchev–Trinajstić information content (AvgIpc) is 2.87. The molecule has 0 saturated carbocycles. The number of nitrogens with one attached hydrogen (secondary N) is 1. The van der Waals surface area contributed by atoms with E-state index in [1.54, 1.807) is 48.5 Å². The summed E-state index contributed by atoms with van der Waals surface area (Å²) in [7, 11) is -4.00. The molecule has 1 fully saturated rings. The van der Waals surface area contributed by atoms with E-state index in [4.69, 9.17) is 16.3 Å². The maximum absolute atomic E-state index is 13.6. The summed E-state index contributed by atoms with van der Waals surface area (Å²) >= 11 is 6.16. The van der Waals surface area contributed by atoms with Gasteiger partial charge in [0, 0.05) is 30.2 Å². The minimum Gasteiger partial charge on any atom is -0.381 e. The Morgan fingerprint density at radius 3 is 2.34 bits per heavy atom. The lowest BCUT2D eigenvalue weighted by Gasteiger charge is -2.38.